The van der Waals surface area contributed by atoms with Gasteiger partial charge in [0.05, 0.1) is 4.90 Å². The second kappa shape index (κ2) is 8.11. The molecule has 0 aliphatic heterocycles. The topological polar surface area (TPSA) is 102 Å². The Morgan fingerprint density at radius 2 is 1.80 bits per heavy atom. The van der Waals surface area contributed by atoms with Crippen LogP contribution >= 0.6 is 11.6 Å². The summed E-state index contributed by atoms with van der Waals surface area (Å²) in [6.07, 6.45) is 0. The fourth-order valence-corrected chi connectivity index (χ4v) is 3.08. The van der Waals surface area contributed by atoms with Crippen LogP contribution in [0.2, 0.25) is 5.02 Å². The average molecular weight is 383 g/mol. The fourth-order valence-electron chi connectivity index (χ4n) is 1.92. The normalized spacial score (nSPS) is 11.0. The molecule has 2 rings (SSSR count). The van der Waals surface area contributed by atoms with Gasteiger partial charge in [-0.3, -0.25) is 9.59 Å². The van der Waals surface area contributed by atoms with Crippen LogP contribution in [0.15, 0.2) is 53.4 Å². The van der Waals surface area contributed by atoms with Gasteiger partial charge in [0, 0.05) is 23.4 Å². The number of rotatable bonds is 6. The number of amides is 2. The monoisotopic (exact) mass is 382 g/mol. The van der Waals surface area contributed by atoms with Gasteiger partial charge in [-0.25, -0.2) is 13.1 Å². The number of hydrogen-bond acceptors (Lipinski definition) is 5. The number of halogens is 1. The number of methoxy groups -OCH3 is 1. The van der Waals surface area contributed by atoms with Crippen molar-refractivity contribution in [2.24, 2.45) is 0 Å². The zero-order valence-corrected chi connectivity index (χ0v) is 14.7. The van der Waals surface area contributed by atoms with E-state index in [1.54, 1.807) is 12.1 Å². The number of anilines is 1. The zero-order chi connectivity index (χ0) is 18.4. The average Bonchev–Trinajstić information content (AvgIpc) is 2.55. The van der Waals surface area contributed by atoms with Crippen molar-refractivity contribution in [2.45, 2.75) is 4.90 Å². The Hall–Kier alpha value is -2.42. The first kappa shape index (κ1) is 18.9. The summed E-state index contributed by atoms with van der Waals surface area (Å²) < 4.78 is 31.2. The van der Waals surface area contributed by atoms with Gasteiger partial charge in [-0.05, 0) is 42.5 Å². The molecule has 0 aromatic heterocycles. The van der Waals surface area contributed by atoms with E-state index in [0.29, 0.717) is 10.7 Å². The summed E-state index contributed by atoms with van der Waals surface area (Å²) in [6, 6.07) is 11.3. The molecule has 0 aliphatic carbocycles. The molecule has 132 valence electrons. The van der Waals surface area contributed by atoms with Gasteiger partial charge in [-0.15, -0.1) is 0 Å². The van der Waals surface area contributed by atoms with Gasteiger partial charge in [0.25, 0.3) is 15.9 Å². The van der Waals surface area contributed by atoms with Crippen molar-refractivity contribution in [3.05, 3.63) is 59.1 Å². The van der Waals surface area contributed by atoms with E-state index in [1.807, 2.05) is 4.72 Å². The first-order valence-electron chi connectivity index (χ1n) is 7.03. The van der Waals surface area contributed by atoms with Crippen LogP contribution in [0.5, 0.6) is 0 Å². The number of hydrogen-bond donors (Lipinski definition) is 2. The molecule has 0 spiro atoms. The number of sulfonamides is 1. The van der Waals surface area contributed by atoms with E-state index in [1.165, 1.54) is 43.5 Å². The predicted octanol–water partition coefficient (Wildman–Crippen LogP) is 2.04. The lowest BCUT2D eigenvalue weighted by atomic mass is 10.2. The van der Waals surface area contributed by atoms with Crippen LogP contribution < -0.4 is 10.0 Å². The van der Waals surface area contributed by atoms with Crippen LogP contribution in [0.3, 0.4) is 0 Å². The van der Waals surface area contributed by atoms with Crippen LogP contribution in [-0.4, -0.2) is 33.9 Å². The van der Waals surface area contributed by atoms with Crippen molar-refractivity contribution in [3.8, 4) is 0 Å². The lowest BCUT2D eigenvalue weighted by Gasteiger charge is -2.09. The van der Waals surface area contributed by atoms with Gasteiger partial charge in [0.2, 0.25) is 5.91 Å². The molecular formula is C16H15ClN2O5S. The van der Waals surface area contributed by atoms with E-state index in [2.05, 4.69) is 10.1 Å². The number of nitrogens with one attached hydrogen (secondary N) is 2. The predicted molar refractivity (Wildman–Crippen MR) is 93.1 cm³/mol. The second-order valence-corrected chi connectivity index (χ2v) is 7.07. The molecule has 0 aliphatic rings. The summed E-state index contributed by atoms with van der Waals surface area (Å²) in [5.41, 5.74) is 0.529. The molecule has 25 heavy (non-hydrogen) atoms. The van der Waals surface area contributed by atoms with Gasteiger partial charge in [0.15, 0.2) is 0 Å². The molecule has 9 heteroatoms. The maximum Gasteiger partial charge on any atom is 0.265 e. The molecule has 7 nitrogen and oxygen atoms in total. The lowest BCUT2D eigenvalue weighted by molar-refractivity contribution is -0.119. The molecule has 0 heterocycles. The highest BCUT2D eigenvalue weighted by molar-refractivity contribution is 7.90. The van der Waals surface area contributed by atoms with E-state index < -0.39 is 15.9 Å². The van der Waals surface area contributed by atoms with Crippen LogP contribution in [0.25, 0.3) is 0 Å². The second-order valence-electron chi connectivity index (χ2n) is 4.95. The summed E-state index contributed by atoms with van der Waals surface area (Å²) in [5, 5.41) is 2.85. The van der Waals surface area contributed by atoms with Gasteiger partial charge >= 0.3 is 0 Å². The highest BCUT2D eigenvalue weighted by atomic mass is 35.5. The highest BCUT2D eigenvalue weighted by Gasteiger charge is 2.19. The fraction of sp³-hybridized carbons (Fsp3) is 0.125. The molecule has 0 fully saturated rings. The highest BCUT2D eigenvalue weighted by Crippen LogP contribution is 2.15. The molecule has 2 aromatic carbocycles. The maximum absolute atomic E-state index is 12.3. The minimum absolute atomic E-state index is 0.115. The Kier molecular flexibility index (Phi) is 6.13. The molecule has 0 atom stereocenters. The molecular weight excluding hydrogens is 368 g/mol. The summed E-state index contributed by atoms with van der Waals surface area (Å²) in [6.45, 7) is -0.115. The molecule has 0 saturated carbocycles. The Balaban J connectivity index is 2.11. The van der Waals surface area contributed by atoms with E-state index in [9.17, 15) is 18.0 Å². The van der Waals surface area contributed by atoms with Gasteiger partial charge in [0.1, 0.15) is 6.61 Å². The van der Waals surface area contributed by atoms with E-state index in [4.69, 9.17) is 11.6 Å². The molecule has 0 saturated heterocycles. The first-order valence-corrected chi connectivity index (χ1v) is 8.89. The summed E-state index contributed by atoms with van der Waals surface area (Å²) in [7, 11) is -2.67. The van der Waals surface area contributed by atoms with Crippen LogP contribution in [0.1, 0.15) is 10.4 Å². The molecule has 0 radical (unpaired) electrons. The van der Waals surface area contributed by atoms with Crippen molar-refractivity contribution < 1.29 is 22.7 Å². The summed E-state index contributed by atoms with van der Waals surface area (Å²) >= 11 is 5.79. The number of carbonyl (C=O) groups is 2. The first-order chi connectivity index (χ1) is 11.8. The maximum atomic E-state index is 12.3. The van der Waals surface area contributed by atoms with Gasteiger partial charge in [-0.2, -0.15) is 0 Å². The summed E-state index contributed by atoms with van der Waals surface area (Å²) in [4.78, 5) is 23.3. The number of benzene rings is 2. The molecule has 2 aromatic rings. The minimum atomic E-state index is -4.06. The van der Waals surface area contributed by atoms with E-state index >= 15 is 0 Å². The third kappa shape index (κ3) is 5.28. The molecule has 2 amide bonds. The number of ether oxygens (including phenoxy) is 1. The number of carbonyl (C=O) groups excluding carboxylic acids is 2. The molecule has 0 unspecified atom stereocenters. The molecule has 0 bridgehead atoms. The Morgan fingerprint density at radius 1 is 1.12 bits per heavy atom. The standard InChI is InChI=1S/C16H15ClN2O5S/c1-24-10-15(20)18-13-5-7-14(8-6-13)25(22,23)19-16(21)11-3-2-4-12(17)9-11/h2-9H,10H2,1H3,(H,18,20)(H,19,21). The summed E-state index contributed by atoms with van der Waals surface area (Å²) in [5.74, 6) is -1.16. The van der Waals surface area contributed by atoms with Crippen molar-refractivity contribution in [1.29, 1.82) is 0 Å². The van der Waals surface area contributed by atoms with Crippen molar-refractivity contribution in [2.75, 3.05) is 19.0 Å². The van der Waals surface area contributed by atoms with Crippen LogP contribution in [0, 0.1) is 0 Å². The van der Waals surface area contributed by atoms with Crippen LogP contribution in [-0.2, 0) is 19.6 Å². The lowest BCUT2D eigenvalue weighted by Crippen LogP contribution is -2.30. The van der Waals surface area contributed by atoms with E-state index in [-0.39, 0.29) is 23.0 Å². The SMILES string of the molecule is COCC(=O)Nc1ccc(S(=O)(=O)NC(=O)c2cccc(Cl)c2)cc1. The zero-order valence-electron chi connectivity index (χ0n) is 13.2. The minimum Gasteiger partial charge on any atom is -0.375 e. The Bertz CT molecular complexity index is 882. The Labute approximate surface area is 150 Å². The van der Waals surface area contributed by atoms with E-state index in [0.717, 1.165) is 0 Å². The third-order valence-electron chi connectivity index (χ3n) is 3.04. The van der Waals surface area contributed by atoms with Crippen LogP contribution in [0.4, 0.5) is 5.69 Å². The van der Waals surface area contributed by atoms with Gasteiger partial charge < -0.3 is 10.1 Å². The largest absolute Gasteiger partial charge is 0.375 e. The molecule has 2 N–H and O–H groups in total. The van der Waals surface area contributed by atoms with Crippen molar-refractivity contribution in [1.82, 2.24) is 4.72 Å². The van der Waals surface area contributed by atoms with Gasteiger partial charge in [-0.1, -0.05) is 17.7 Å². The Morgan fingerprint density at radius 3 is 2.40 bits per heavy atom. The van der Waals surface area contributed by atoms with Crippen molar-refractivity contribution >= 4 is 39.1 Å². The van der Waals surface area contributed by atoms with Crippen molar-refractivity contribution in [3.63, 3.8) is 0 Å². The smallest absolute Gasteiger partial charge is 0.265 e. The third-order valence-corrected chi connectivity index (χ3v) is 4.62. The quantitative estimate of drug-likeness (QED) is 0.796.